The third-order valence-electron chi connectivity index (χ3n) is 20.5. The maximum Gasteiger partial charge on any atom is 0.304 e. The number of nitrogens with one attached hydrogen (secondary N) is 2. The Balaban J connectivity index is 0.000000358. The lowest BCUT2D eigenvalue weighted by Crippen LogP contribution is -2.24. The summed E-state index contributed by atoms with van der Waals surface area (Å²) in [6.07, 6.45) is 0. The van der Waals surface area contributed by atoms with E-state index in [4.69, 9.17) is 11.5 Å². The van der Waals surface area contributed by atoms with Gasteiger partial charge in [0.1, 0.15) is 5.69 Å². The molecule has 0 spiro atoms. The molecule has 19 aromatic rings. The van der Waals surface area contributed by atoms with Crippen molar-refractivity contribution in [2.24, 2.45) is 0 Å². The number of rotatable bonds is 15. The summed E-state index contributed by atoms with van der Waals surface area (Å²) in [7, 11) is 0. The molecule has 139 heavy (non-hydrogen) atoms. The predicted octanol–water partition coefficient (Wildman–Crippen LogP) is 37.1. The number of nitrogens with two attached hydrogens (primary N) is 2. The minimum absolute atomic E-state index is 0. The molecule has 0 heterocycles. The van der Waals surface area contributed by atoms with Gasteiger partial charge in [-0.1, -0.05) is 490 Å². The summed E-state index contributed by atoms with van der Waals surface area (Å²) in [5.74, 6) is -0.799. The molecule has 0 aromatic heterocycles. The highest BCUT2D eigenvalue weighted by molar-refractivity contribution is 6.22. The van der Waals surface area contributed by atoms with Crippen LogP contribution in [0.2, 0.25) is 0 Å². The number of para-hydroxylation sites is 5. The van der Waals surface area contributed by atoms with E-state index in [9.17, 15) is 34.2 Å². The molecule has 0 saturated carbocycles. The number of nitro groups is 2. The summed E-state index contributed by atoms with van der Waals surface area (Å²) in [6, 6.07) is 141. The molecule has 6 N–H and O–H groups in total. The number of anilines is 6. The molecular formula is C125H136F2N6O6. The van der Waals surface area contributed by atoms with Gasteiger partial charge in [0.05, 0.1) is 32.6 Å². The molecule has 0 aliphatic carbocycles. The van der Waals surface area contributed by atoms with Crippen molar-refractivity contribution in [3.63, 3.8) is 0 Å². The van der Waals surface area contributed by atoms with Crippen molar-refractivity contribution in [2.75, 3.05) is 22.1 Å². The molecule has 19 aromatic carbocycles. The number of nitrogen functional groups attached to an aromatic ring is 2. The van der Waals surface area contributed by atoms with Crippen molar-refractivity contribution < 1.29 is 18.9 Å². The van der Waals surface area contributed by atoms with Crippen LogP contribution in [0.15, 0.2) is 440 Å². The van der Waals surface area contributed by atoms with E-state index in [0.717, 1.165) is 140 Å². The van der Waals surface area contributed by atoms with Crippen molar-refractivity contribution in [1.82, 2.24) is 0 Å². The average Bonchev–Trinajstić information content (AvgIpc) is 0.730. The van der Waals surface area contributed by atoms with Crippen molar-refractivity contribution in [3.05, 3.63) is 477 Å². The van der Waals surface area contributed by atoms with Crippen LogP contribution in [0.3, 0.4) is 0 Å². The van der Waals surface area contributed by atoms with Gasteiger partial charge < -0.3 is 22.1 Å². The molecule has 14 heteroatoms. The normalized spacial score (nSPS) is 9.52. The Morgan fingerprint density at radius 1 is 0.245 bits per heavy atom. The zero-order valence-electron chi connectivity index (χ0n) is 82.8. The van der Waals surface area contributed by atoms with E-state index >= 15 is 0 Å². The van der Waals surface area contributed by atoms with Crippen LogP contribution in [0.5, 0.6) is 0 Å². The number of nitrogens with zero attached hydrogens (tertiary/aromatic N) is 2. The highest BCUT2D eigenvalue weighted by Crippen LogP contribution is 2.47. The van der Waals surface area contributed by atoms with E-state index in [1.807, 2.05) is 301 Å². The first-order valence-corrected chi connectivity index (χ1v) is 47.6. The molecule has 716 valence electrons. The fourth-order valence-corrected chi connectivity index (χ4v) is 14.7. The molecule has 0 unspecified atom stereocenters. The maximum atomic E-state index is 12.4. The fourth-order valence-electron chi connectivity index (χ4n) is 14.7. The monoisotopic (exact) mass is 1860 g/mol. The van der Waals surface area contributed by atoms with Gasteiger partial charge in [-0.3, -0.25) is 34.5 Å². The van der Waals surface area contributed by atoms with Crippen LogP contribution in [0.4, 0.5) is 54.6 Å². The van der Waals surface area contributed by atoms with E-state index in [2.05, 4.69) is 205 Å². The quantitative estimate of drug-likeness (QED) is 0.0252. The molecule has 0 amide bonds. The summed E-state index contributed by atoms with van der Waals surface area (Å²) in [4.78, 5) is 44.8. The van der Waals surface area contributed by atoms with Crippen LogP contribution >= 0.6 is 0 Å². The number of halogens is 2. The van der Waals surface area contributed by atoms with E-state index < -0.39 is 27.3 Å². The van der Waals surface area contributed by atoms with Crippen LogP contribution in [0.25, 0.3) is 132 Å². The van der Waals surface area contributed by atoms with Gasteiger partial charge in [0, 0.05) is 72.7 Å². The minimum Gasteiger partial charge on any atom is -0.398 e. The molecular weight excluding hydrogens is 1720 g/mol. The van der Waals surface area contributed by atoms with E-state index in [1.165, 1.54) is 40.5 Å². The van der Waals surface area contributed by atoms with Gasteiger partial charge >= 0.3 is 5.69 Å². The molecule has 0 aliphatic heterocycles. The standard InChI is InChI=1S/C30H22N2O2.C30H24N2.C24H19N.C16H8O2.C6H4FNO2.9C2H6.CH4.FH/c33-32(34)29-19-11-10-18-28(29)31-30-26(23-14-6-2-7-15-23)20-25(22-12-4-1-5-13-22)21-27(30)24-16-8-3-9-17-24;31-28-18-10-11-19-29(28)32-30-26(23-14-6-2-7-15-23)20-25(22-12-4-1-5-13-22)21-27(30)24-16-8-3-9-17-24;25-24-22(19-12-6-2-7-13-19)16-21(18-10-4-1-5-11-18)17-23(24)20-14-8-3-9-15-20;17-15-11-5-1-3-9-7-8-10-4-2-6-12(16(15)18)14(10)13(9)11;7-5-3-1-2-4-6(5)8(9)10;9*1-2;;/h1-21,31H;1-21,32H,31H2;1-17H,25H2;1-8H;1-4H;9*1-2H3;1H4;1H. The lowest BCUT2D eigenvalue weighted by Gasteiger charge is -2.20. The molecule has 12 nitrogen and oxygen atoms in total. The van der Waals surface area contributed by atoms with Gasteiger partial charge in [-0.25, -0.2) is 0 Å². The summed E-state index contributed by atoms with van der Waals surface area (Å²) in [5.41, 5.74) is 36.3. The lowest BCUT2D eigenvalue weighted by atomic mass is 9.91. The predicted molar refractivity (Wildman–Crippen MR) is 601 cm³/mol. The number of nitro benzene ring substituents is 2. The first kappa shape index (κ1) is 115. The Kier molecular flexibility index (Phi) is 52.1. The first-order valence-electron chi connectivity index (χ1n) is 47.6. The second-order valence-corrected chi connectivity index (χ2v) is 28.0. The van der Waals surface area contributed by atoms with Gasteiger partial charge in [-0.05, 0) is 138 Å². The summed E-state index contributed by atoms with van der Waals surface area (Å²) >= 11 is 0. The second-order valence-electron chi connectivity index (χ2n) is 28.0. The second kappa shape index (κ2) is 63.0. The van der Waals surface area contributed by atoms with Gasteiger partial charge in [0.25, 0.3) is 5.69 Å². The van der Waals surface area contributed by atoms with Crippen molar-refractivity contribution in [1.29, 1.82) is 0 Å². The zero-order valence-corrected chi connectivity index (χ0v) is 82.8. The number of benzene rings is 19. The van der Waals surface area contributed by atoms with Crippen LogP contribution in [-0.2, 0) is 0 Å². The number of hydrogen-bond donors (Lipinski definition) is 4. The Bertz CT molecular complexity index is 6590. The topological polar surface area (TPSA) is 197 Å². The maximum absolute atomic E-state index is 12.4. The molecule has 19 rings (SSSR count). The first-order chi connectivity index (χ1) is 67.3. The molecule has 0 saturated heterocycles. The largest absolute Gasteiger partial charge is 0.398 e. The van der Waals surface area contributed by atoms with Gasteiger partial charge in [-0.15, -0.1) is 0 Å². The minimum atomic E-state index is -0.799. The van der Waals surface area contributed by atoms with Crippen LogP contribution in [0, 0.1) is 26.0 Å². The van der Waals surface area contributed by atoms with E-state index in [0.29, 0.717) is 16.5 Å². The summed E-state index contributed by atoms with van der Waals surface area (Å²) in [6.45, 7) is 36.0. The van der Waals surface area contributed by atoms with Gasteiger partial charge in [0.15, 0.2) is 0 Å². The van der Waals surface area contributed by atoms with E-state index in [-0.39, 0.29) is 22.7 Å². The van der Waals surface area contributed by atoms with Crippen molar-refractivity contribution in [2.45, 2.75) is 132 Å². The lowest BCUT2D eigenvalue weighted by molar-refractivity contribution is -0.387. The van der Waals surface area contributed by atoms with Crippen LogP contribution in [0.1, 0.15) is 132 Å². The molecule has 0 aliphatic rings. The Morgan fingerprint density at radius 2 is 0.468 bits per heavy atom. The van der Waals surface area contributed by atoms with Crippen LogP contribution < -0.4 is 33.0 Å². The van der Waals surface area contributed by atoms with E-state index in [1.54, 1.807) is 30.3 Å². The summed E-state index contributed by atoms with van der Waals surface area (Å²) < 4.78 is 12.4. The smallest absolute Gasteiger partial charge is 0.304 e. The third kappa shape index (κ3) is 30.9. The Labute approximate surface area is 823 Å². The molecule has 0 atom stereocenters. The Morgan fingerprint density at radius 3 is 0.734 bits per heavy atom. The zero-order chi connectivity index (χ0) is 100.0. The highest BCUT2D eigenvalue weighted by atomic mass is 19.1. The third-order valence-corrected chi connectivity index (χ3v) is 20.5. The Hall–Kier alpha value is -16.3. The van der Waals surface area contributed by atoms with Crippen molar-refractivity contribution >= 4 is 77.8 Å². The fraction of sp³-hybridized carbons (Fsp3) is 0.152. The number of hydrogen-bond acceptors (Lipinski definition) is 10. The van der Waals surface area contributed by atoms with Crippen molar-refractivity contribution in [3.8, 4) is 100 Å². The molecule has 0 fully saturated rings. The highest BCUT2D eigenvalue weighted by Gasteiger charge is 2.23. The summed E-state index contributed by atoms with van der Waals surface area (Å²) in [5, 5.41) is 33.7. The van der Waals surface area contributed by atoms with Gasteiger partial charge in [-0.2, -0.15) is 4.39 Å². The molecule has 0 bridgehead atoms. The van der Waals surface area contributed by atoms with Crippen LogP contribution in [-0.4, -0.2) is 9.85 Å². The average molecular weight is 1860 g/mol. The molecule has 0 radical (unpaired) electrons. The SMILES string of the molecule is C.CC.CC.CC.CC.CC.CC.CC.CC.CC.F.Nc1c(-c2ccccc2)cc(-c2ccccc2)cc1-c1ccccc1.Nc1ccccc1Nc1c(-c2ccccc2)cc(-c2ccccc2)cc1-c1ccccc1.O=[N+]([O-])c1ccccc1F.O=[N+]([O-])c1ccccc1Nc1c(-c2ccccc2)cc(-c2ccccc2)cc1-c1ccccc1.O=c1c(=O)c2cccc3ccc4cccc1c4c32. The van der Waals surface area contributed by atoms with Gasteiger partial charge in [0.2, 0.25) is 16.7 Å².